The third-order valence-electron chi connectivity index (χ3n) is 4.12. The molecule has 0 unspecified atom stereocenters. The highest BCUT2D eigenvalue weighted by Gasteiger charge is 2.30. The van der Waals surface area contributed by atoms with Crippen LogP contribution in [0.5, 0.6) is 17.2 Å². The van der Waals surface area contributed by atoms with Gasteiger partial charge in [0.05, 0.1) is 12.0 Å². The van der Waals surface area contributed by atoms with Gasteiger partial charge >= 0.3 is 12.1 Å². The molecule has 0 N–H and O–H groups in total. The Balaban J connectivity index is 1.38. The van der Waals surface area contributed by atoms with Crippen molar-refractivity contribution in [1.82, 2.24) is 0 Å². The van der Waals surface area contributed by atoms with Gasteiger partial charge < -0.3 is 9.47 Å². The van der Waals surface area contributed by atoms with Crippen LogP contribution in [0.15, 0.2) is 72.8 Å². The molecule has 3 rings (SSSR count). The predicted molar refractivity (Wildman–Crippen MR) is 106 cm³/mol. The van der Waals surface area contributed by atoms with E-state index in [0.717, 1.165) is 24.3 Å². The van der Waals surface area contributed by atoms with Crippen molar-refractivity contribution in [2.45, 2.75) is 12.6 Å². The molecular formula is C23H18F4O5. The summed E-state index contributed by atoms with van der Waals surface area (Å²) in [6.45, 7) is 0.529. The number of benzene rings is 3. The minimum Gasteiger partial charge on any atom is -0.490 e. The molecule has 0 aliphatic heterocycles. The lowest BCUT2D eigenvalue weighted by molar-refractivity contribution is -0.213. The summed E-state index contributed by atoms with van der Waals surface area (Å²) in [5, 5.41) is 0. The van der Waals surface area contributed by atoms with Crippen molar-refractivity contribution in [3.8, 4) is 17.2 Å². The van der Waals surface area contributed by atoms with E-state index in [1.165, 1.54) is 24.3 Å². The molecule has 0 aliphatic carbocycles. The zero-order valence-corrected chi connectivity index (χ0v) is 16.6. The van der Waals surface area contributed by atoms with Crippen LogP contribution in [0.4, 0.5) is 17.6 Å². The van der Waals surface area contributed by atoms with Gasteiger partial charge in [0.25, 0.3) is 0 Å². The number of halogens is 4. The molecule has 5 nitrogen and oxygen atoms in total. The molecule has 3 aromatic rings. The van der Waals surface area contributed by atoms with Crippen molar-refractivity contribution < 1.29 is 41.6 Å². The fraction of sp³-hybridized carbons (Fsp3) is 0.174. The average Bonchev–Trinajstić information content (AvgIpc) is 2.77. The van der Waals surface area contributed by atoms with Crippen molar-refractivity contribution in [1.29, 1.82) is 0 Å². The van der Waals surface area contributed by atoms with Crippen molar-refractivity contribution in [2.24, 2.45) is 0 Å². The van der Waals surface area contributed by atoms with Gasteiger partial charge in [-0.1, -0.05) is 12.1 Å². The number of alkyl halides is 3. The van der Waals surface area contributed by atoms with Crippen LogP contribution in [0.25, 0.3) is 0 Å². The molecule has 0 spiro atoms. The van der Waals surface area contributed by atoms with Crippen LogP contribution < -0.4 is 14.4 Å². The number of ether oxygens (including phenoxy) is 2. The molecule has 0 fully saturated rings. The van der Waals surface area contributed by atoms with E-state index in [1.807, 2.05) is 0 Å². The Kier molecular flexibility index (Phi) is 7.54. The first kappa shape index (κ1) is 22.9. The first-order valence-electron chi connectivity index (χ1n) is 9.44. The van der Waals surface area contributed by atoms with Gasteiger partial charge in [-0.15, -0.1) is 0 Å². The second-order valence-corrected chi connectivity index (χ2v) is 6.53. The largest absolute Gasteiger partial charge is 0.490 e. The molecule has 0 aromatic heterocycles. The molecule has 0 heterocycles. The van der Waals surface area contributed by atoms with Crippen LogP contribution in [-0.2, 0) is 22.3 Å². The average molecular weight is 450 g/mol. The van der Waals surface area contributed by atoms with E-state index in [9.17, 15) is 22.4 Å². The number of carbonyl (C=O) groups excluding carboxylic acids is 1. The Bertz CT molecular complexity index is 1000. The zero-order chi connectivity index (χ0) is 23.0. The summed E-state index contributed by atoms with van der Waals surface area (Å²) >= 11 is 0. The first-order chi connectivity index (χ1) is 15.3. The highest BCUT2D eigenvalue weighted by atomic mass is 19.4. The predicted octanol–water partition coefficient (Wildman–Crippen LogP) is 5.38. The fourth-order valence-electron chi connectivity index (χ4n) is 2.54. The first-order valence-corrected chi connectivity index (χ1v) is 9.44. The van der Waals surface area contributed by atoms with Crippen molar-refractivity contribution >= 4 is 5.97 Å². The maximum atomic E-state index is 12.8. The Morgan fingerprint density at radius 2 is 1.22 bits per heavy atom. The molecule has 32 heavy (non-hydrogen) atoms. The molecule has 0 amide bonds. The van der Waals surface area contributed by atoms with Gasteiger partial charge in [-0.3, -0.25) is 9.78 Å². The minimum atomic E-state index is -4.46. The van der Waals surface area contributed by atoms with E-state index >= 15 is 0 Å². The van der Waals surface area contributed by atoms with Gasteiger partial charge in [0.1, 0.15) is 30.5 Å². The van der Waals surface area contributed by atoms with Gasteiger partial charge in [0.2, 0.25) is 0 Å². The molecule has 0 saturated heterocycles. The van der Waals surface area contributed by atoms with Gasteiger partial charge in [-0.2, -0.15) is 13.2 Å². The highest BCUT2D eigenvalue weighted by molar-refractivity contribution is 5.72. The van der Waals surface area contributed by atoms with Crippen molar-refractivity contribution in [3.05, 3.63) is 89.7 Å². The van der Waals surface area contributed by atoms with E-state index < -0.39 is 17.7 Å². The highest BCUT2D eigenvalue weighted by Crippen LogP contribution is 2.30. The normalized spacial score (nSPS) is 11.0. The van der Waals surface area contributed by atoms with Crippen LogP contribution in [0.3, 0.4) is 0 Å². The molecule has 9 heteroatoms. The monoisotopic (exact) mass is 450 g/mol. The lowest BCUT2D eigenvalue weighted by Gasteiger charge is -2.09. The smallest absolute Gasteiger partial charge is 0.416 e. The quantitative estimate of drug-likeness (QED) is 0.190. The molecule has 0 radical (unpaired) electrons. The van der Waals surface area contributed by atoms with Crippen LogP contribution in [-0.4, -0.2) is 19.2 Å². The van der Waals surface area contributed by atoms with E-state index in [0.29, 0.717) is 17.1 Å². The number of hydrogen-bond acceptors (Lipinski definition) is 5. The summed E-state index contributed by atoms with van der Waals surface area (Å²) in [7, 11) is 0. The lowest BCUT2D eigenvalue weighted by atomic mass is 10.1. The molecule has 0 aliphatic rings. The van der Waals surface area contributed by atoms with E-state index in [4.69, 9.17) is 14.4 Å². The van der Waals surface area contributed by atoms with Gasteiger partial charge in [0, 0.05) is 0 Å². The third kappa shape index (κ3) is 7.19. The number of rotatable bonds is 9. The third-order valence-corrected chi connectivity index (χ3v) is 4.12. The summed E-state index contributed by atoms with van der Waals surface area (Å²) < 4.78 is 61.3. The topological polar surface area (TPSA) is 54.0 Å². The van der Waals surface area contributed by atoms with Gasteiger partial charge in [-0.05, 0) is 66.2 Å². The Morgan fingerprint density at radius 1 is 0.719 bits per heavy atom. The minimum absolute atomic E-state index is 0.0297. The Hall–Kier alpha value is -3.75. The molecule has 3 aromatic carbocycles. The van der Waals surface area contributed by atoms with Crippen molar-refractivity contribution in [3.63, 3.8) is 0 Å². The standard InChI is InChI=1S/C23H18F4O5/c24-18-5-11-20(12-6-18)30-14-13-29-19-7-1-16(2-8-19)15-22(28)32-31-21-9-3-17(4-10-21)23(25,26)27/h1-12H,13-15H2. The molecule has 0 bridgehead atoms. The summed E-state index contributed by atoms with van der Waals surface area (Å²) in [4.78, 5) is 21.3. The zero-order valence-electron chi connectivity index (χ0n) is 16.6. The van der Waals surface area contributed by atoms with E-state index in [-0.39, 0.29) is 31.2 Å². The van der Waals surface area contributed by atoms with Crippen LogP contribution >= 0.6 is 0 Å². The molecule has 168 valence electrons. The van der Waals surface area contributed by atoms with Crippen LogP contribution in [0.2, 0.25) is 0 Å². The number of hydrogen-bond donors (Lipinski definition) is 0. The number of carbonyl (C=O) groups is 1. The van der Waals surface area contributed by atoms with Gasteiger partial charge in [-0.25, -0.2) is 9.18 Å². The van der Waals surface area contributed by atoms with Crippen LogP contribution in [0, 0.1) is 5.82 Å². The second kappa shape index (κ2) is 10.5. The molecule has 0 atom stereocenters. The summed E-state index contributed by atoms with van der Waals surface area (Å²) in [6.07, 6.45) is -4.56. The molecular weight excluding hydrogens is 432 g/mol. The molecule has 0 saturated carbocycles. The maximum Gasteiger partial charge on any atom is 0.416 e. The Morgan fingerprint density at radius 3 is 1.75 bits per heavy atom. The van der Waals surface area contributed by atoms with Crippen molar-refractivity contribution in [2.75, 3.05) is 13.2 Å². The summed E-state index contributed by atoms with van der Waals surface area (Å²) in [5.41, 5.74) is -0.207. The van der Waals surface area contributed by atoms with E-state index in [2.05, 4.69) is 4.89 Å². The fourth-order valence-corrected chi connectivity index (χ4v) is 2.54. The summed E-state index contributed by atoms with van der Waals surface area (Å²) in [5.74, 6) is 0.00106. The Labute approximate surface area is 181 Å². The summed E-state index contributed by atoms with van der Waals surface area (Å²) in [6, 6.07) is 16.1. The van der Waals surface area contributed by atoms with Crippen LogP contribution in [0.1, 0.15) is 11.1 Å². The second-order valence-electron chi connectivity index (χ2n) is 6.53. The van der Waals surface area contributed by atoms with Gasteiger partial charge in [0.15, 0.2) is 5.75 Å². The maximum absolute atomic E-state index is 12.8. The lowest BCUT2D eigenvalue weighted by Crippen LogP contribution is -2.11. The van der Waals surface area contributed by atoms with E-state index in [1.54, 1.807) is 24.3 Å². The SMILES string of the molecule is O=C(Cc1ccc(OCCOc2ccc(F)cc2)cc1)OOc1ccc(C(F)(F)F)cc1.